The fraction of sp³-hybridized carbons (Fsp3) is 0.714. The van der Waals surface area contributed by atoms with E-state index >= 15 is 0 Å². The van der Waals surface area contributed by atoms with Crippen molar-refractivity contribution < 1.29 is 53.1 Å². The summed E-state index contributed by atoms with van der Waals surface area (Å²) in [4.78, 5) is 31.0. The van der Waals surface area contributed by atoms with Gasteiger partial charge in [0.15, 0.2) is 0 Å². The molecule has 11 nitrogen and oxygen atoms in total. The molecule has 0 aliphatic heterocycles. The van der Waals surface area contributed by atoms with Crippen LogP contribution in [0.15, 0.2) is 12.1 Å². The van der Waals surface area contributed by atoms with E-state index < -0.39 is 21.1 Å². The maximum atomic E-state index is 9.63. The molecule has 34 heavy (non-hydrogen) atoms. The van der Waals surface area contributed by atoms with Crippen molar-refractivity contribution >= 4 is 15.6 Å². The average molecular weight is 530 g/mol. The first kappa shape index (κ1) is 33.2. The highest BCUT2D eigenvalue weighted by Gasteiger charge is 2.33. The number of rotatable bonds is 9. The Balaban J connectivity index is 0.00000102. The molecule has 0 spiro atoms. The molecule has 0 saturated heterocycles. The number of benzene rings is 1. The second-order valence-electron chi connectivity index (χ2n) is 10.2. The van der Waals surface area contributed by atoms with Gasteiger partial charge in [-0.25, -0.2) is 9.13 Å². The van der Waals surface area contributed by atoms with Crippen LogP contribution in [0.2, 0.25) is 0 Å². The lowest BCUT2D eigenvalue weighted by Gasteiger charge is -2.33. The van der Waals surface area contributed by atoms with Crippen LogP contribution in [0.3, 0.4) is 0 Å². The smallest absolute Gasteiger partial charge is 0.478 e. The largest absolute Gasteiger partial charge is 0.492 e. The first-order valence-corrected chi connectivity index (χ1v) is 13.7. The van der Waals surface area contributed by atoms with Gasteiger partial charge in [-0.2, -0.15) is 4.31 Å². The Bertz CT molecular complexity index is 808. The van der Waals surface area contributed by atoms with Crippen LogP contribution in [-0.2, 0) is 30.7 Å². The molecule has 0 aliphatic carbocycles. The molecule has 7 N–H and O–H groups in total. The van der Waals surface area contributed by atoms with Gasteiger partial charge in [0.1, 0.15) is 12.4 Å². The molecule has 0 heterocycles. The van der Waals surface area contributed by atoms with Crippen LogP contribution < -0.4 is 4.74 Å². The summed E-state index contributed by atoms with van der Waals surface area (Å²) in [7, 11) is -10.1. The standard InChI is InChI=1S/C21H36O4.H4O7P2/c1-8-15-9-16(19(2,3)4)18(17(10-15)20(5,6)7)25-14-21(11-22,12-23)13-24;1-8(2,3)7-9(4,5)6/h9-10,22-24H,8,11-14H2,1-7H3;(H2,1,2,3)(H2,4,5,6). The molecule has 0 bridgehead atoms. The summed E-state index contributed by atoms with van der Waals surface area (Å²) < 4.78 is 28.4. The predicted molar refractivity (Wildman–Crippen MR) is 128 cm³/mol. The van der Waals surface area contributed by atoms with Gasteiger partial charge in [0, 0.05) is 11.1 Å². The quantitative estimate of drug-likeness (QED) is 0.232. The zero-order valence-electron chi connectivity index (χ0n) is 20.8. The minimum absolute atomic E-state index is 0.0636. The molecule has 0 fully saturated rings. The number of ether oxygens (including phenoxy) is 1. The maximum Gasteiger partial charge on any atom is 0.478 e. The van der Waals surface area contributed by atoms with E-state index in [-0.39, 0.29) is 37.3 Å². The summed E-state index contributed by atoms with van der Waals surface area (Å²) in [5.74, 6) is 0.803. The Kier molecular flexibility index (Phi) is 12.1. The highest BCUT2D eigenvalue weighted by molar-refractivity contribution is 7.60. The molecule has 1 aromatic carbocycles. The number of aryl methyl sites for hydroxylation is 1. The molecule has 0 aliphatic rings. The second-order valence-corrected chi connectivity index (χ2v) is 12.8. The van der Waals surface area contributed by atoms with Crippen molar-refractivity contribution in [3.05, 3.63) is 28.8 Å². The lowest BCUT2D eigenvalue weighted by molar-refractivity contribution is -0.0265. The minimum atomic E-state index is -5.05. The van der Waals surface area contributed by atoms with Gasteiger partial charge in [0.25, 0.3) is 0 Å². The van der Waals surface area contributed by atoms with Gasteiger partial charge in [-0.1, -0.05) is 60.6 Å². The number of aliphatic hydroxyl groups is 3. The molecule has 200 valence electrons. The van der Waals surface area contributed by atoms with Gasteiger partial charge in [-0.15, -0.1) is 0 Å². The normalized spacial score (nSPS) is 13.4. The second kappa shape index (κ2) is 12.4. The van der Waals surface area contributed by atoms with Crippen LogP contribution >= 0.6 is 15.6 Å². The lowest BCUT2D eigenvalue weighted by atomic mass is 9.78. The SMILES string of the molecule is CCc1cc(C(C)(C)C)c(OCC(CO)(CO)CO)c(C(C)(C)C)c1.O=P(O)(O)OP(=O)(O)O. The highest BCUT2D eigenvalue weighted by atomic mass is 31.3. The van der Waals surface area contributed by atoms with E-state index in [1.807, 2.05) is 0 Å². The van der Waals surface area contributed by atoms with E-state index in [1.165, 1.54) is 5.56 Å². The molecular formula is C21H40O11P2. The summed E-state index contributed by atoms with van der Waals surface area (Å²) in [6.45, 7) is 14.1. The van der Waals surface area contributed by atoms with Crippen molar-refractivity contribution in [3.63, 3.8) is 0 Å². The third-order valence-electron chi connectivity index (χ3n) is 4.91. The molecule has 0 unspecified atom stereocenters. The number of phosphoric acid groups is 2. The molecule has 0 radical (unpaired) electrons. The number of aliphatic hydroxyl groups excluding tert-OH is 3. The van der Waals surface area contributed by atoms with Gasteiger partial charge >= 0.3 is 15.6 Å². The fourth-order valence-electron chi connectivity index (χ4n) is 2.81. The van der Waals surface area contributed by atoms with E-state index in [4.69, 9.17) is 24.3 Å². The topological polar surface area (TPSA) is 194 Å². The zero-order chi connectivity index (χ0) is 27.2. The Morgan fingerprint density at radius 1 is 0.765 bits per heavy atom. The molecule has 1 rings (SSSR count). The van der Waals surface area contributed by atoms with Gasteiger partial charge in [-0.3, -0.25) is 0 Å². The summed E-state index contributed by atoms with van der Waals surface area (Å²) in [5, 5.41) is 28.8. The minimum Gasteiger partial charge on any atom is -0.492 e. The molecule has 0 saturated carbocycles. The van der Waals surface area contributed by atoms with Crippen molar-refractivity contribution in [3.8, 4) is 5.75 Å². The fourth-order valence-corrected chi connectivity index (χ4v) is 3.92. The van der Waals surface area contributed by atoms with E-state index in [9.17, 15) is 24.4 Å². The van der Waals surface area contributed by atoms with E-state index in [0.717, 1.165) is 23.3 Å². The number of hydrogen-bond donors (Lipinski definition) is 7. The van der Waals surface area contributed by atoms with Crippen LogP contribution in [0.25, 0.3) is 0 Å². The monoisotopic (exact) mass is 530 g/mol. The van der Waals surface area contributed by atoms with E-state index in [2.05, 4.69) is 64.9 Å². The first-order chi connectivity index (χ1) is 15.1. The van der Waals surface area contributed by atoms with Gasteiger partial charge in [0.2, 0.25) is 0 Å². The summed E-state index contributed by atoms with van der Waals surface area (Å²) in [5.41, 5.74) is 2.22. The van der Waals surface area contributed by atoms with Gasteiger partial charge < -0.3 is 39.6 Å². The van der Waals surface area contributed by atoms with Gasteiger partial charge in [-0.05, 0) is 22.8 Å². The van der Waals surface area contributed by atoms with Crippen LogP contribution in [-0.4, -0.2) is 61.3 Å². The van der Waals surface area contributed by atoms with Crippen LogP contribution in [0.5, 0.6) is 5.75 Å². The third kappa shape index (κ3) is 11.3. The van der Waals surface area contributed by atoms with Crippen LogP contribution in [0.4, 0.5) is 0 Å². The highest BCUT2D eigenvalue weighted by Crippen LogP contribution is 2.53. The van der Waals surface area contributed by atoms with Crippen LogP contribution in [0, 0.1) is 5.41 Å². The first-order valence-electron chi connectivity index (χ1n) is 10.6. The van der Waals surface area contributed by atoms with E-state index in [1.54, 1.807) is 0 Å². The van der Waals surface area contributed by atoms with Crippen molar-refractivity contribution in [2.75, 3.05) is 26.4 Å². The molecular weight excluding hydrogens is 490 g/mol. The predicted octanol–water partition coefficient (Wildman–Crippen LogP) is 2.37. The number of hydrogen-bond acceptors (Lipinski definition) is 7. The maximum absolute atomic E-state index is 9.63. The van der Waals surface area contributed by atoms with Crippen molar-refractivity contribution in [1.29, 1.82) is 0 Å². The molecule has 0 amide bonds. The Morgan fingerprint density at radius 3 is 1.32 bits per heavy atom. The Labute approximate surface area is 201 Å². The molecule has 13 heteroatoms. The van der Waals surface area contributed by atoms with E-state index in [0.29, 0.717) is 0 Å². The lowest BCUT2D eigenvalue weighted by Crippen LogP contribution is -2.40. The summed E-state index contributed by atoms with van der Waals surface area (Å²) in [6.07, 6.45) is 0.945. The molecule has 0 atom stereocenters. The van der Waals surface area contributed by atoms with Gasteiger partial charge in [0.05, 0.1) is 25.2 Å². The van der Waals surface area contributed by atoms with Crippen molar-refractivity contribution in [2.24, 2.45) is 5.41 Å². The summed E-state index contributed by atoms with van der Waals surface area (Å²) >= 11 is 0. The Morgan fingerprint density at radius 2 is 1.12 bits per heavy atom. The summed E-state index contributed by atoms with van der Waals surface area (Å²) in [6, 6.07) is 4.37. The van der Waals surface area contributed by atoms with Crippen LogP contribution in [0.1, 0.15) is 65.2 Å². The molecule has 1 aromatic rings. The van der Waals surface area contributed by atoms with Crippen molar-refractivity contribution in [1.82, 2.24) is 0 Å². The molecule has 0 aromatic heterocycles. The van der Waals surface area contributed by atoms with Crippen molar-refractivity contribution in [2.45, 2.75) is 65.7 Å². The average Bonchev–Trinajstić information content (AvgIpc) is 2.65. The third-order valence-corrected chi connectivity index (χ3v) is 6.62. The zero-order valence-corrected chi connectivity index (χ0v) is 22.6. The Hall–Kier alpha value is -0.840.